The third-order valence-corrected chi connectivity index (χ3v) is 2.26. The van der Waals surface area contributed by atoms with Crippen molar-refractivity contribution in [3.05, 3.63) is 46.0 Å². The monoisotopic (exact) mass is 207 g/mol. The van der Waals surface area contributed by atoms with Gasteiger partial charge in [-0.05, 0) is 19.9 Å². The lowest BCUT2D eigenvalue weighted by Gasteiger charge is -2.09. The van der Waals surface area contributed by atoms with Crippen LogP contribution in [0, 0.1) is 24.0 Å². The van der Waals surface area contributed by atoms with Gasteiger partial charge in [0, 0.05) is 17.2 Å². The highest BCUT2D eigenvalue weighted by atomic mass is 16.6. The predicted molar refractivity (Wildman–Crippen MR) is 58.3 cm³/mol. The van der Waals surface area contributed by atoms with Gasteiger partial charge in [0.2, 0.25) is 0 Å². The summed E-state index contributed by atoms with van der Waals surface area (Å²) in [5, 5.41) is 10.6. The molecule has 0 aromatic heterocycles. The van der Waals surface area contributed by atoms with Gasteiger partial charge in [-0.1, -0.05) is 12.7 Å². The zero-order valence-corrected chi connectivity index (χ0v) is 8.82. The van der Waals surface area contributed by atoms with E-state index in [0.29, 0.717) is 17.9 Å². The Bertz CT molecular complexity index is 399. The van der Waals surface area contributed by atoms with Crippen LogP contribution in [0.2, 0.25) is 0 Å². The number of hydrogen-bond donors (Lipinski definition) is 0. The number of ether oxygens (including phenoxy) is 1. The van der Waals surface area contributed by atoms with Crippen molar-refractivity contribution < 1.29 is 9.66 Å². The van der Waals surface area contributed by atoms with Crippen LogP contribution in [0.15, 0.2) is 24.8 Å². The first-order valence-electron chi connectivity index (χ1n) is 4.56. The maximum absolute atomic E-state index is 10.6. The molecule has 4 nitrogen and oxygen atoms in total. The van der Waals surface area contributed by atoms with Gasteiger partial charge < -0.3 is 4.74 Å². The van der Waals surface area contributed by atoms with Gasteiger partial charge in [-0.25, -0.2) is 0 Å². The molecule has 0 heterocycles. The molecule has 1 aromatic carbocycles. The summed E-state index contributed by atoms with van der Waals surface area (Å²) < 4.78 is 5.36. The zero-order valence-electron chi connectivity index (χ0n) is 8.82. The zero-order chi connectivity index (χ0) is 11.4. The van der Waals surface area contributed by atoms with Gasteiger partial charge >= 0.3 is 0 Å². The van der Waals surface area contributed by atoms with Crippen LogP contribution >= 0.6 is 0 Å². The second kappa shape index (κ2) is 4.59. The van der Waals surface area contributed by atoms with Gasteiger partial charge in [-0.15, -0.1) is 0 Å². The minimum Gasteiger partial charge on any atom is -0.489 e. The van der Waals surface area contributed by atoms with E-state index in [1.165, 1.54) is 6.07 Å². The van der Waals surface area contributed by atoms with Crippen LogP contribution in [0.1, 0.15) is 11.1 Å². The minimum atomic E-state index is -0.389. The van der Waals surface area contributed by atoms with E-state index >= 15 is 0 Å². The molecule has 0 spiro atoms. The number of benzene rings is 1. The van der Waals surface area contributed by atoms with Crippen molar-refractivity contribution >= 4 is 5.69 Å². The molecule has 1 aromatic rings. The standard InChI is InChI=1S/C11H13NO3/c1-4-7-15-11-6-5-10(12(13)14)8(2)9(11)3/h4-6H,1,7H2,2-3H3. The number of nitro benzene ring substituents is 1. The van der Waals surface area contributed by atoms with E-state index < -0.39 is 0 Å². The Morgan fingerprint density at radius 1 is 1.47 bits per heavy atom. The SMILES string of the molecule is C=CCOc1ccc([N+](=O)[O-])c(C)c1C. The fourth-order valence-corrected chi connectivity index (χ4v) is 1.28. The lowest BCUT2D eigenvalue weighted by molar-refractivity contribution is -0.385. The third-order valence-electron chi connectivity index (χ3n) is 2.26. The van der Waals surface area contributed by atoms with Crippen LogP contribution in [0.3, 0.4) is 0 Å². The van der Waals surface area contributed by atoms with Crippen molar-refractivity contribution in [2.45, 2.75) is 13.8 Å². The summed E-state index contributed by atoms with van der Waals surface area (Å²) in [4.78, 5) is 10.3. The summed E-state index contributed by atoms with van der Waals surface area (Å²) >= 11 is 0. The first-order chi connectivity index (χ1) is 7.07. The van der Waals surface area contributed by atoms with Gasteiger partial charge in [0.05, 0.1) is 4.92 Å². The lowest BCUT2D eigenvalue weighted by atomic mass is 10.1. The number of nitrogens with zero attached hydrogens (tertiary/aromatic N) is 1. The fraction of sp³-hybridized carbons (Fsp3) is 0.273. The van der Waals surface area contributed by atoms with Crippen molar-refractivity contribution in [3.63, 3.8) is 0 Å². The topological polar surface area (TPSA) is 52.4 Å². The molecule has 0 saturated carbocycles. The van der Waals surface area contributed by atoms with Crippen molar-refractivity contribution in [1.29, 1.82) is 0 Å². The average molecular weight is 207 g/mol. The molecule has 0 aliphatic heterocycles. The largest absolute Gasteiger partial charge is 0.489 e. The molecule has 0 atom stereocenters. The van der Waals surface area contributed by atoms with Gasteiger partial charge in [0.25, 0.3) is 5.69 Å². The van der Waals surface area contributed by atoms with Crippen LogP contribution < -0.4 is 4.74 Å². The molecular weight excluding hydrogens is 194 g/mol. The predicted octanol–water partition coefficient (Wildman–Crippen LogP) is 2.78. The Kier molecular flexibility index (Phi) is 3.44. The van der Waals surface area contributed by atoms with E-state index in [9.17, 15) is 10.1 Å². The van der Waals surface area contributed by atoms with Crippen molar-refractivity contribution in [2.75, 3.05) is 6.61 Å². The summed E-state index contributed by atoms with van der Waals surface area (Å²) in [5.74, 6) is 0.665. The Labute approximate surface area is 88.3 Å². The second-order valence-electron chi connectivity index (χ2n) is 3.19. The van der Waals surface area contributed by atoms with Crippen molar-refractivity contribution in [1.82, 2.24) is 0 Å². The fourth-order valence-electron chi connectivity index (χ4n) is 1.28. The summed E-state index contributed by atoms with van der Waals surface area (Å²) in [7, 11) is 0. The third kappa shape index (κ3) is 2.34. The van der Waals surface area contributed by atoms with E-state index in [1.807, 2.05) is 0 Å². The Morgan fingerprint density at radius 2 is 2.13 bits per heavy atom. The lowest BCUT2D eigenvalue weighted by Crippen LogP contribution is -1.99. The summed E-state index contributed by atoms with van der Waals surface area (Å²) in [5.41, 5.74) is 1.56. The molecule has 0 saturated heterocycles. The number of rotatable bonds is 4. The average Bonchev–Trinajstić information content (AvgIpc) is 2.20. The summed E-state index contributed by atoms with van der Waals surface area (Å²) in [6, 6.07) is 3.07. The van der Waals surface area contributed by atoms with E-state index in [-0.39, 0.29) is 10.6 Å². The minimum absolute atomic E-state index is 0.124. The summed E-state index contributed by atoms with van der Waals surface area (Å²) in [6.45, 7) is 7.46. The number of nitro groups is 1. The smallest absolute Gasteiger partial charge is 0.272 e. The van der Waals surface area contributed by atoms with E-state index in [2.05, 4.69) is 6.58 Å². The highest BCUT2D eigenvalue weighted by Crippen LogP contribution is 2.28. The molecule has 0 aliphatic rings. The molecule has 4 heteroatoms. The Morgan fingerprint density at radius 3 is 2.67 bits per heavy atom. The van der Waals surface area contributed by atoms with Crippen LogP contribution in [0.5, 0.6) is 5.75 Å². The van der Waals surface area contributed by atoms with Gasteiger partial charge in [-0.3, -0.25) is 10.1 Å². The van der Waals surface area contributed by atoms with Crippen LogP contribution in [-0.4, -0.2) is 11.5 Å². The van der Waals surface area contributed by atoms with Gasteiger partial charge in [0.1, 0.15) is 12.4 Å². The van der Waals surface area contributed by atoms with E-state index in [4.69, 9.17) is 4.74 Å². The molecule has 0 radical (unpaired) electrons. The molecule has 0 fully saturated rings. The maximum Gasteiger partial charge on any atom is 0.272 e. The molecule has 0 aliphatic carbocycles. The van der Waals surface area contributed by atoms with Gasteiger partial charge in [0.15, 0.2) is 0 Å². The van der Waals surface area contributed by atoms with Gasteiger partial charge in [-0.2, -0.15) is 0 Å². The van der Waals surface area contributed by atoms with Crippen LogP contribution in [0.4, 0.5) is 5.69 Å². The molecule has 0 amide bonds. The highest BCUT2D eigenvalue weighted by Gasteiger charge is 2.14. The Hall–Kier alpha value is -1.84. The first-order valence-corrected chi connectivity index (χ1v) is 4.56. The Balaban J connectivity index is 3.09. The van der Waals surface area contributed by atoms with E-state index in [0.717, 1.165) is 5.56 Å². The van der Waals surface area contributed by atoms with Crippen molar-refractivity contribution in [2.24, 2.45) is 0 Å². The van der Waals surface area contributed by atoms with Crippen molar-refractivity contribution in [3.8, 4) is 5.75 Å². The molecule has 15 heavy (non-hydrogen) atoms. The molecule has 0 bridgehead atoms. The quantitative estimate of drug-likeness (QED) is 0.433. The molecular formula is C11H13NO3. The van der Waals surface area contributed by atoms with E-state index in [1.54, 1.807) is 26.0 Å². The highest BCUT2D eigenvalue weighted by molar-refractivity contribution is 5.50. The molecule has 0 N–H and O–H groups in total. The second-order valence-corrected chi connectivity index (χ2v) is 3.19. The molecule has 80 valence electrons. The molecule has 1 rings (SSSR count). The van der Waals surface area contributed by atoms with Crippen LogP contribution in [0.25, 0.3) is 0 Å². The molecule has 0 unspecified atom stereocenters. The first kappa shape index (κ1) is 11.2. The maximum atomic E-state index is 10.6. The van der Waals surface area contributed by atoms with Crippen LogP contribution in [-0.2, 0) is 0 Å². The number of hydrogen-bond acceptors (Lipinski definition) is 3. The summed E-state index contributed by atoms with van der Waals surface area (Å²) in [6.07, 6.45) is 1.64. The normalized spacial score (nSPS) is 9.73.